The molecule has 1 unspecified atom stereocenters. The molecule has 1 aromatic carbocycles. The van der Waals surface area contributed by atoms with E-state index < -0.39 is 11.5 Å². The van der Waals surface area contributed by atoms with Crippen molar-refractivity contribution in [2.45, 2.75) is 32.2 Å². The van der Waals surface area contributed by atoms with Gasteiger partial charge in [-0.25, -0.2) is 9.48 Å². The third-order valence-corrected chi connectivity index (χ3v) is 6.20. The van der Waals surface area contributed by atoms with E-state index in [-0.39, 0.29) is 5.91 Å². The van der Waals surface area contributed by atoms with E-state index in [2.05, 4.69) is 5.10 Å². The van der Waals surface area contributed by atoms with Gasteiger partial charge in [0.25, 0.3) is 5.91 Å². The van der Waals surface area contributed by atoms with Crippen molar-refractivity contribution in [3.05, 3.63) is 47.0 Å². The summed E-state index contributed by atoms with van der Waals surface area (Å²) in [6.45, 7) is 4.02. The smallest absolute Gasteiger partial charge is 0.329 e. The van der Waals surface area contributed by atoms with Crippen LogP contribution in [0, 0.1) is 6.92 Å². The minimum Gasteiger partial charge on any atom is -0.480 e. The Bertz CT molecular complexity index is 1010. The molecule has 1 N–H and O–H groups in total. The second kappa shape index (κ2) is 5.95. The first-order valence-electron chi connectivity index (χ1n) is 8.52. The van der Waals surface area contributed by atoms with E-state index in [1.807, 2.05) is 48.0 Å². The number of carboxylic acid groups (broad SMARTS) is 1. The molecule has 3 heterocycles. The number of aliphatic carboxylic acids is 1. The normalized spacial score (nSPS) is 20.0. The van der Waals surface area contributed by atoms with Crippen LogP contribution >= 0.6 is 11.3 Å². The van der Waals surface area contributed by atoms with E-state index in [9.17, 15) is 14.7 Å². The summed E-state index contributed by atoms with van der Waals surface area (Å²) >= 11 is 1.36. The second-order valence-corrected chi connectivity index (χ2v) is 7.83. The predicted octanol–water partition coefficient (Wildman–Crippen LogP) is 3.47. The largest absolute Gasteiger partial charge is 0.480 e. The quantitative estimate of drug-likeness (QED) is 0.767. The molecule has 0 bridgehead atoms. The van der Waals surface area contributed by atoms with Crippen LogP contribution in [-0.2, 0) is 4.79 Å². The van der Waals surface area contributed by atoms with Crippen molar-refractivity contribution in [3.8, 4) is 5.69 Å². The van der Waals surface area contributed by atoms with Gasteiger partial charge in [0.1, 0.15) is 10.4 Å². The zero-order valence-corrected chi connectivity index (χ0v) is 15.4. The summed E-state index contributed by atoms with van der Waals surface area (Å²) in [7, 11) is 0. The number of fused-ring (bicyclic) bond motifs is 1. The molecule has 1 atom stereocenters. The standard InChI is InChI=1S/C19H19N3O3S/c1-12-14-11-15(16(23)21-10-6-9-19(21,2)18(24)25)26-17(14)22(20-12)13-7-4-3-5-8-13/h3-5,7-8,11H,6,9-10H2,1-2H3,(H,24,25). The van der Waals surface area contributed by atoms with Crippen molar-refractivity contribution in [1.29, 1.82) is 0 Å². The first-order valence-corrected chi connectivity index (χ1v) is 9.33. The van der Waals surface area contributed by atoms with Crippen molar-refractivity contribution in [3.63, 3.8) is 0 Å². The fraction of sp³-hybridized carbons (Fsp3) is 0.316. The second-order valence-electron chi connectivity index (χ2n) is 6.80. The van der Waals surface area contributed by atoms with Gasteiger partial charge in [-0.2, -0.15) is 5.10 Å². The van der Waals surface area contributed by atoms with Gasteiger partial charge >= 0.3 is 5.97 Å². The van der Waals surface area contributed by atoms with E-state index in [0.29, 0.717) is 24.3 Å². The monoisotopic (exact) mass is 369 g/mol. The molecule has 1 amide bonds. The Morgan fingerprint density at radius 3 is 2.69 bits per heavy atom. The highest BCUT2D eigenvalue weighted by molar-refractivity contribution is 7.20. The van der Waals surface area contributed by atoms with Crippen molar-refractivity contribution < 1.29 is 14.7 Å². The van der Waals surface area contributed by atoms with E-state index in [1.54, 1.807) is 6.92 Å². The molecule has 2 aromatic heterocycles. The minimum atomic E-state index is -1.13. The SMILES string of the molecule is Cc1nn(-c2ccccc2)c2sc(C(=O)N3CCCC3(C)C(=O)O)cc12. The van der Waals surface area contributed by atoms with Gasteiger partial charge < -0.3 is 10.0 Å². The molecular weight excluding hydrogens is 350 g/mol. The maximum Gasteiger partial charge on any atom is 0.329 e. The molecular formula is C19H19N3O3S. The number of likely N-dealkylation sites (tertiary alicyclic amines) is 1. The molecule has 1 fully saturated rings. The van der Waals surface area contributed by atoms with Gasteiger partial charge in [-0.1, -0.05) is 18.2 Å². The fourth-order valence-corrected chi connectivity index (χ4v) is 4.67. The van der Waals surface area contributed by atoms with Gasteiger partial charge in [0.15, 0.2) is 0 Å². The van der Waals surface area contributed by atoms with E-state index in [1.165, 1.54) is 16.2 Å². The summed E-state index contributed by atoms with van der Waals surface area (Å²) in [6, 6.07) is 11.6. The molecule has 134 valence electrons. The van der Waals surface area contributed by atoms with E-state index in [0.717, 1.165) is 21.6 Å². The number of aromatic nitrogens is 2. The van der Waals surface area contributed by atoms with Crippen LogP contribution in [0.5, 0.6) is 0 Å². The molecule has 3 aromatic rings. The van der Waals surface area contributed by atoms with Gasteiger partial charge in [0.2, 0.25) is 0 Å². The molecule has 0 radical (unpaired) electrons. The molecule has 1 aliphatic heterocycles. The number of carboxylic acids is 1. The van der Waals surface area contributed by atoms with Crippen LogP contribution in [0.4, 0.5) is 0 Å². The number of thiophene rings is 1. The summed E-state index contributed by atoms with van der Waals surface area (Å²) < 4.78 is 1.84. The predicted molar refractivity (Wildman–Crippen MR) is 100.0 cm³/mol. The van der Waals surface area contributed by atoms with Crippen molar-refractivity contribution in [2.24, 2.45) is 0 Å². The van der Waals surface area contributed by atoms with Crippen LogP contribution in [0.25, 0.3) is 15.9 Å². The third kappa shape index (κ3) is 2.42. The number of benzene rings is 1. The van der Waals surface area contributed by atoms with Gasteiger partial charge in [-0.3, -0.25) is 4.79 Å². The lowest BCUT2D eigenvalue weighted by atomic mass is 9.99. The minimum absolute atomic E-state index is 0.215. The third-order valence-electron chi connectivity index (χ3n) is 5.10. The van der Waals surface area contributed by atoms with Crippen molar-refractivity contribution in [1.82, 2.24) is 14.7 Å². The Kier molecular flexibility index (Phi) is 3.84. The van der Waals surface area contributed by atoms with Crippen molar-refractivity contribution >= 4 is 33.4 Å². The number of amides is 1. The number of hydrogen-bond donors (Lipinski definition) is 1. The highest BCUT2D eigenvalue weighted by Gasteiger charge is 2.46. The van der Waals surface area contributed by atoms with Gasteiger partial charge in [0, 0.05) is 11.9 Å². The molecule has 0 saturated carbocycles. The molecule has 4 rings (SSSR count). The maximum absolute atomic E-state index is 13.0. The van der Waals surface area contributed by atoms with Crippen molar-refractivity contribution in [2.75, 3.05) is 6.54 Å². The summed E-state index contributed by atoms with van der Waals surface area (Å²) in [6.07, 6.45) is 1.19. The maximum atomic E-state index is 13.0. The van der Waals surface area contributed by atoms with Gasteiger partial charge in [0.05, 0.1) is 16.3 Å². The van der Waals surface area contributed by atoms with Gasteiger partial charge in [-0.15, -0.1) is 11.3 Å². The molecule has 1 aliphatic rings. The molecule has 0 spiro atoms. The van der Waals surface area contributed by atoms with Gasteiger partial charge in [-0.05, 0) is 44.9 Å². The Hall–Kier alpha value is -2.67. The number of aryl methyl sites for hydroxylation is 1. The number of nitrogens with zero attached hydrogens (tertiary/aromatic N) is 3. The molecule has 0 aliphatic carbocycles. The highest BCUT2D eigenvalue weighted by Crippen LogP contribution is 2.35. The number of carbonyl (C=O) groups excluding carboxylic acids is 1. The number of para-hydroxylation sites is 1. The summed E-state index contributed by atoms with van der Waals surface area (Å²) in [5.41, 5.74) is 0.651. The summed E-state index contributed by atoms with van der Waals surface area (Å²) in [4.78, 5) is 27.7. The first kappa shape index (κ1) is 16.8. The summed E-state index contributed by atoms with van der Waals surface area (Å²) in [5, 5.41) is 15.1. The number of hydrogen-bond acceptors (Lipinski definition) is 4. The van der Waals surface area contributed by atoms with Crippen LogP contribution in [0.1, 0.15) is 35.1 Å². The molecule has 6 nitrogen and oxygen atoms in total. The highest BCUT2D eigenvalue weighted by atomic mass is 32.1. The lowest BCUT2D eigenvalue weighted by Crippen LogP contribution is -2.50. The zero-order chi connectivity index (χ0) is 18.5. The molecule has 7 heteroatoms. The Morgan fingerprint density at radius 1 is 1.27 bits per heavy atom. The Balaban J connectivity index is 1.77. The van der Waals surface area contributed by atoms with E-state index >= 15 is 0 Å². The number of rotatable bonds is 3. The van der Waals surface area contributed by atoms with Crippen LogP contribution in [-0.4, -0.2) is 43.7 Å². The van der Waals surface area contributed by atoms with Crippen LogP contribution in [0.3, 0.4) is 0 Å². The molecule has 1 saturated heterocycles. The lowest BCUT2D eigenvalue weighted by molar-refractivity contribution is -0.147. The first-order chi connectivity index (χ1) is 12.4. The Labute approximate surface area is 154 Å². The van der Waals surface area contributed by atoms with Crippen LogP contribution in [0.2, 0.25) is 0 Å². The fourth-order valence-electron chi connectivity index (χ4n) is 3.54. The number of carbonyl (C=O) groups is 2. The van der Waals surface area contributed by atoms with Crippen LogP contribution in [0.15, 0.2) is 36.4 Å². The topological polar surface area (TPSA) is 75.4 Å². The Morgan fingerprint density at radius 2 is 2.00 bits per heavy atom. The average molecular weight is 369 g/mol. The lowest BCUT2D eigenvalue weighted by Gasteiger charge is -2.30. The zero-order valence-electron chi connectivity index (χ0n) is 14.6. The van der Waals surface area contributed by atoms with E-state index in [4.69, 9.17) is 0 Å². The average Bonchev–Trinajstić information content (AvgIpc) is 3.31. The van der Waals surface area contributed by atoms with Crippen LogP contribution < -0.4 is 0 Å². The summed E-state index contributed by atoms with van der Waals surface area (Å²) in [5.74, 6) is -1.16. The molecule has 26 heavy (non-hydrogen) atoms.